The Bertz CT molecular complexity index is 669. The van der Waals surface area contributed by atoms with Gasteiger partial charge in [0.25, 0.3) is 0 Å². The molecule has 0 fully saturated rings. The smallest absolute Gasteiger partial charge is 0.332 e. The molecule has 22 heavy (non-hydrogen) atoms. The molecule has 2 aromatic carbocycles. The molecule has 0 saturated heterocycles. The second kappa shape index (κ2) is 7.61. The molecule has 3 N–H and O–H groups in total. The number of rotatable bonds is 5. The zero-order chi connectivity index (χ0) is 15.9. The van der Waals surface area contributed by atoms with Gasteiger partial charge in [-0.25, -0.2) is 14.6 Å². The standard InChI is InChI=1S/C16H16FN3OS/c1-2-15(19-20-16(18)21)11-3-7-13(8-4-11)22-14-9-5-12(17)6-10-14/h3-10H,2H2,1H3,(H3,18,20,21)/b19-15+. The average molecular weight is 317 g/mol. The van der Waals surface area contributed by atoms with Crippen molar-refractivity contribution in [2.75, 3.05) is 0 Å². The van der Waals surface area contributed by atoms with E-state index in [2.05, 4.69) is 10.5 Å². The van der Waals surface area contributed by atoms with Gasteiger partial charge in [0.05, 0.1) is 5.71 Å². The summed E-state index contributed by atoms with van der Waals surface area (Å²) in [7, 11) is 0. The summed E-state index contributed by atoms with van der Waals surface area (Å²) in [4.78, 5) is 12.7. The topological polar surface area (TPSA) is 67.5 Å². The molecule has 0 aliphatic rings. The van der Waals surface area contributed by atoms with Crippen LogP contribution in [0, 0.1) is 5.82 Å². The molecular weight excluding hydrogens is 301 g/mol. The van der Waals surface area contributed by atoms with E-state index in [0.29, 0.717) is 6.42 Å². The van der Waals surface area contributed by atoms with Gasteiger partial charge >= 0.3 is 6.03 Å². The predicted octanol–water partition coefficient (Wildman–Crippen LogP) is 3.76. The van der Waals surface area contributed by atoms with E-state index in [9.17, 15) is 9.18 Å². The van der Waals surface area contributed by atoms with E-state index in [0.717, 1.165) is 21.1 Å². The molecule has 4 nitrogen and oxygen atoms in total. The Morgan fingerprint density at radius 1 is 1.14 bits per heavy atom. The molecule has 0 heterocycles. The van der Waals surface area contributed by atoms with Crippen LogP contribution in [0.2, 0.25) is 0 Å². The number of hydrogen-bond acceptors (Lipinski definition) is 3. The van der Waals surface area contributed by atoms with Crippen molar-refractivity contribution in [2.24, 2.45) is 10.8 Å². The first kappa shape index (κ1) is 16.0. The van der Waals surface area contributed by atoms with Crippen molar-refractivity contribution >= 4 is 23.5 Å². The molecule has 0 aliphatic carbocycles. The number of nitrogens with two attached hydrogens (primary N) is 1. The molecule has 114 valence electrons. The number of halogens is 1. The first-order valence-corrected chi connectivity index (χ1v) is 7.56. The third kappa shape index (κ3) is 4.60. The van der Waals surface area contributed by atoms with Crippen LogP contribution in [0.4, 0.5) is 9.18 Å². The summed E-state index contributed by atoms with van der Waals surface area (Å²) in [5.74, 6) is -0.245. The predicted molar refractivity (Wildman–Crippen MR) is 86.5 cm³/mol. The van der Waals surface area contributed by atoms with E-state index in [1.165, 1.54) is 12.1 Å². The van der Waals surface area contributed by atoms with Gasteiger partial charge in [-0.2, -0.15) is 5.10 Å². The summed E-state index contributed by atoms with van der Waals surface area (Å²) in [5.41, 5.74) is 8.91. The minimum absolute atomic E-state index is 0.245. The molecule has 0 spiro atoms. The Morgan fingerprint density at radius 2 is 1.68 bits per heavy atom. The minimum Gasteiger partial charge on any atom is -0.350 e. The number of nitrogens with zero attached hydrogens (tertiary/aromatic N) is 1. The third-order valence-corrected chi connectivity index (χ3v) is 3.89. The van der Waals surface area contributed by atoms with Crippen LogP contribution in [-0.2, 0) is 0 Å². The molecule has 0 atom stereocenters. The van der Waals surface area contributed by atoms with E-state index in [1.54, 1.807) is 23.9 Å². The number of amides is 2. The van der Waals surface area contributed by atoms with Crippen LogP contribution in [0.15, 0.2) is 63.4 Å². The lowest BCUT2D eigenvalue weighted by Crippen LogP contribution is -2.25. The van der Waals surface area contributed by atoms with Gasteiger partial charge in [-0.15, -0.1) is 0 Å². The third-order valence-electron chi connectivity index (χ3n) is 2.87. The van der Waals surface area contributed by atoms with Gasteiger partial charge in [0, 0.05) is 9.79 Å². The maximum Gasteiger partial charge on any atom is 0.332 e. The lowest BCUT2D eigenvalue weighted by molar-refractivity contribution is 0.249. The maximum atomic E-state index is 12.9. The summed E-state index contributed by atoms with van der Waals surface area (Å²) < 4.78 is 12.9. The molecule has 6 heteroatoms. The number of carbonyl (C=O) groups excluding carboxylic acids is 1. The summed E-state index contributed by atoms with van der Waals surface area (Å²) >= 11 is 1.55. The van der Waals surface area contributed by atoms with Crippen LogP contribution in [0.25, 0.3) is 0 Å². The van der Waals surface area contributed by atoms with Crippen molar-refractivity contribution in [3.8, 4) is 0 Å². The van der Waals surface area contributed by atoms with Crippen LogP contribution < -0.4 is 11.2 Å². The minimum atomic E-state index is -0.686. The first-order chi connectivity index (χ1) is 10.6. The molecule has 0 aromatic heterocycles. The highest BCUT2D eigenvalue weighted by atomic mass is 32.2. The van der Waals surface area contributed by atoms with E-state index < -0.39 is 6.03 Å². The van der Waals surface area contributed by atoms with Crippen LogP contribution in [0.1, 0.15) is 18.9 Å². The number of benzene rings is 2. The zero-order valence-corrected chi connectivity index (χ0v) is 12.9. The second-order valence-electron chi connectivity index (χ2n) is 4.47. The van der Waals surface area contributed by atoms with Crippen LogP contribution in [0.5, 0.6) is 0 Å². The van der Waals surface area contributed by atoms with Gasteiger partial charge < -0.3 is 5.73 Å². The van der Waals surface area contributed by atoms with Crippen LogP contribution in [-0.4, -0.2) is 11.7 Å². The molecule has 0 unspecified atom stereocenters. The number of primary amides is 1. The highest BCUT2D eigenvalue weighted by Crippen LogP contribution is 2.28. The van der Waals surface area contributed by atoms with E-state index in [-0.39, 0.29) is 5.82 Å². The van der Waals surface area contributed by atoms with Crippen molar-refractivity contribution in [2.45, 2.75) is 23.1 Å². The molecule has 0 saturated carbocycles. The molecule has 0 bridgehead atoms. The van der Waals surface area contributed by atoms with Gasteiger partial charge in [-0.1, -0.05) is 30.8 Å². The molecule has 2 rings (SSSR count). The van der Waals surface area contributed by atoms with Crippen molar-refractivity contribution in [3.63, 3.8) is 0 Å². The maximum absolute atomic E-state index is 12.9. The van der Waals surface area contributed by atoms with Crippen molar-refractivity contribution in [1.82, 2.24) is 5.43 Å². The normalized spacial score (nSPS) is 11.3. The number of carbonyl (C=O) groups is 1. The Hall–Kier alpha value is -2.34. The fourth-order valence-corrected chi connectivity index (χ4v) is 2.64. The van der Waals surface area contributed by atoms with E-state index in [1.807, 2.05) is 31.2 Å². The van der Waals surface area contributed by atoms with Gasteiger partial charge in [0.1, 0.15) is 5.82 Å². The Kier molecular flexibility index (Phi) is 5.55. The van der Waals surface area contributed by atoms with Crippen molar-refractivity contribution in [1.29, 1.82) is 0 Å². The summed E-state index contributed by atoms with van der Waals surface area (Å²) in [6.07, 6.45) is 0.671. The number of hydrazone groups is 1. The van der Waals surface area contributed by atoms with Gasteiger partial charge in [0.15, 0.2) is 0 Å². The Morgan fingerprint density at radius 3 is 2.18 bits per heavy atom. The zero-order valence-electron chi connectivity index (χ0n) is 12.0. The largest absolute Gasteiger partial charge is 0.350 e. The monoisotopic (exact) mass is 317 g/mol. The Balaban J connectivity index is 2.10. The summed E-state index contributed by atoms with van der Waals surface area (Å²) in [5, 5.41) is 3.98. The Labute approximate surface area is 132 Å². The molecule has 0 aliphatic heterocycles. The molecule has 2 aromatic rings. The fraction of sp³-hybridized carbons (Fsp3) is 0.125. The lowest BCUT2D eigenvalue weighted by atomic mass is 10.1. The van der Waals surface area contributed by atoms with E-state index in [4.69, 9.17) is 5.73 Å². The number of nitrogens with one attached hydrogen (secondary N) is 1. The highest BCUT2D eigenvalue weighted by Gasteiger charge is 2.03. The SMILES string of the molecule is CC/C(=N\NC(N)=O)c1ccc(Sc2ccc(F)cc2)cc1. The fourth-order valence-electron chi connectivity index (χ4n) is 1.82. The highest BCUT2D eigenvalue weighted by molar-refractivity contribution is 7.99. The second-order valence-corrected chi connectivity index (χ2v) is 5.62. The quantitative estimate of drug-likeness (QED) is 0.651. The van der Waals surface area contributed by atoms with Crippen LogP contribution >= 0.6 is 11.8 Å². The summed E-state index contributed by atoms with van der Waals surface area (Å²) in [6.45, 7) is 1.95. The number of hydrogen-bond donors (Lipinski definition) is 2. The van der Waals surface area contributed by atoms with Crippen LogP contribution in [0.3, 0.4) is 0 Å². The van der Waals surface area contributed by atoms with Gasteiger partial charge in [-0.3, -0.25) is 0 Å². The van der Waals surface area contributed by atoms with Gasteiger partial charge in [-0.05, 0) is 48.4 Å². The summed E-state index contributed by atoms with van der Waals surface area (Å²) in [6, 6.07) is 13.4. The van der Waals surface area contributed by atoms with Crippen molar-refractivity contribution in [3.05, 3.63) is 59.9 Å². The molecule has 0 radical (unpaired) electrons. The first-order valence-electron chi connectivity index (χ1n) is 6.74. The lowest BCUT2D eigenvalue weighted by Gasteiger charge is -2.06. The van der Waals surface area contributed by atoms with Crippen molar-refractivity contribution < 1.29 is 9.18 Å². The van der Waals surface area contributed by atoms with Gasteiger partial charge in [0.2, 0.25) is 0 Å². The molecule has 2 amide bonds. The number of urea groups is 1. The molecular formula is C16H16FN3OS. The van der Waals surface area contributed by atoms with E-state index >= 15 is 0 Å². The average Bonchev–Trinajstić information content (AvgIpc) is 2.51.